The van der Waals surface area contributed by atoms with Crippen LogP contribution in [0.1, 0.15) is 44.9 Å². The maximum atomic E-state index is 12.4. The molecule has 4 bridgehead atoms. The lowest BCUT2D eigenvalue weighted by molar-refractivity contribution is -0.120. The summed E-state index contributed by atoms with van der Waals surface area (Å²) >= 11 is 1.73. The van der Waals surface area contributed by atoms with E-state index in [0.29, 0.717) is 19.5 Å². The number of hydrogen-bond donors (Lipinski definition) is 3. The molecule has 0 radical (unpaired) electrons. The second kappa shape index (κ2) is 8.76. The van der Waals surface area contributed by atoms with Crippen molar-refractivity contribution >= 4 is 23.7 Å². The van der Waals surface area contributed by atoms with Crippen LogP contribution >= 0.6 is 11.8 Å². The molecule has 1 aromatic rings. The third-order valence-electron chi connectivity index (χ3n) is 6.49. The molecule has 5 nitrogen and oxygen atoms in total. The van der Waals surface area contributed by atoms with E-state index in [4.69, 9.17) is 0 Å². The van der Waals surface area contributed by atoms with Crippen molar-refractivity contribution in [3.63, 3.8) is 0 Å². The number of hydrogen-bond acceptors (Lipinski definition) is 3. The minimum atomic E-state index is -0.102. The highest BCUT2D eigenvalue weighted by molar-refractivity contribution is 7.99. The number of carbonyl (C=O) groups is 2. The lowest BCUT2D eigenvalue weighted by Crippen LogP contribution is -2.61. The van der Waals surface area contributed by atoms with Crippen LogP contribution < -0.4 is 16.0 Å². The van der Waals surface area contributed by atoms with E-state index in [-0.39, 0.29) is 17.5 Å². The first-order chi connectivity index (χ1) is 13.6. The number of nitrogens with one attached hydrogen (secondary N) is 3. The minimum Gasteiger partial charge on any atom is -0.355 e. The Kier molecular flexibility index (Phi) is 6.14. The fraction of sp³-hybridized carbons (Fsp3) is 0.636. The van der Waals surface area contributed by atoms with Crippen molar-refractivity contribution in [3.8, 4) is 0 Å². The van der Waals surface area contributed by atoms with Gasteiger partial charge in [-0.2, -0.15) is 0 Å². The van der Waals surface area contributed by atoms with Gasteiger partial charge in [0.1, 0.15) is 0 Å². The number of rotatable bonds is 8. The first-order valence-corrected chi connectivity index (χ1v) is 11.6. The number of thioether (sulfide) groups is 1. The van der Waals surface area contributed by atoms with Crippen molar-refractivity contribution in [3.05, 3.63) is 30.3 Å². The summed E-state index contributed by atoms with van der Waals surface area (Å²) in [4.78, 5) is 25.5. The van der Waals surface area contributed by atoms with Crippen LogP contribution in [0.25, 0.3) is 0 Å². The van der Waals surface area contributed by atoms with Crippen LogP contribution in [0.3, 0.4) is 0 Å². The Bertz CT molecular complexity index is 659. The van der Waals surface area contributed by atoms with Gasteiger partial charge >= 0.3 is 6.03 Å². The molecule has 0 spiro atoms. The lowest BCUT2D eigenvalue weighted by Gasteiger charge is -2.56. The Balaban J connectivity index is 1.10. The normalized spacial score (nSPS) is 30.1. The molecule has 1 aromatic carbocycles. The zero-order valence-corrected chi connectivity index (χ0v) is 17.2. The third kappa shape index (κ3) is 5.02. The van der Waals surface area contributed by atoms with E-state index in [1.54, 1.807) is 11.8 Å². The van der Waals surface area contributed by atoms with Gasteiger partial charge in [-0.3, -0.25) is 4.79 Å². The van der Waals surface area contributed by atoms with Gasteiger partial charge in [-0.1, -0.05) is 18.2 Å². The lowest BCUT2D eigenvalue weighted by atomic mass is 9.53. The largest absolute Gasteiger partial charge is 0.355 e. The van der Waals surface area contributed by atoms with Crippen molar-refractivity contribution in [2.24, 2.45) is 17.8 Å². The van der Waals surface area contributed by atoms with Crippen molar-refractivity contribution < 1.29 is 9.59 Å². The molecule has 152 valence electrons. The molecule has 4 aliphatic rings. The summed E-state index contributed by atoms with van der Waals surface area (Å²) in [6.07, 6.45) is 7.86. The maximum Gasteiger partial charge on any atom is 0.315 e. The molecule has 5 rings (SSSR count). The number of carbonyl (C=O) groups excluding carboxylic acids is 2. The van der Waals surface area contributed by atoms with Gasteiger partial charge < -0.3 is 16.0 Å². The standard InChI is InChI=1S/C22H31N3O2S/c26-20(23-8-9-28-19-4-2-1-3-5-19)6-7-24-21(27)25-22-13-16-10-17(14-22)12-18(11-16)15-22/h1-5,16-18H,6-15H2,(H,23,26)(H2,24,25,27). The predicted molar refractivity (Wildman–Crippen MR) is 112 cm³/mol. The molecular formula is C22H31N3O2S. The third-order valence-corrected chi connectivity index (χ3v) is 7.50. The predicted octanol–water partition coefficient (Wildman–Crippen LogP) is 3.55. The van der Waals surface area contributed by atoms with Crippen LogP contribution in [0.2, 0.25) is 0 Å². The maximum absolute atomic E-state index is 12.4. The number of benzene rings is 1. The van der Waals surface area contributed by atoms with Crippen LogP contribution in [-0.2, 0) is 4.79 Å². The SMILES string of the molecule is O=C(CCNC(=O)NC12CC3CC(CC(C3)C1)C2)NCCSc1ccccc1. The van der Waals surface area contributed by atoms with Crippen LogP contribution in [-0.4, -0.2) is 36.3 Å². The molecule has 0 aliphatic heterocycles. The van der Waals surface area contributed by atoms with Crippen molar-refractivity contribution in [1.29, 1.82) is 0 Å². The molecule has 4 fully saturated rings. The summed E-state index contributed by atoms with van der Waals surface area (Å²) in [5.41, 5.74) is 0.0236. The van der Waals surface area contributed by atoms with E-state index >= 15 is 0 Å². The highest BCUT2D eigenvalue weighted by Gasteiger charge is 2.51. The average molecular weight is 402 g/mol. The quantitative estimate of drug-likeness (QED) is 0.461. The van der Waals surface area contributed by atoms with Crippen molar-refractivity contribution in [2.75, 3.05) is 18.8 Å². The van der Waals surface area contributed by atoms with Gasteiger partial charge in [0.15, 0.2) is 0 Å². The Labute approximate surface area is 171 Å². The van der Waals surface area contributed by atoms with Gasteiger partial charge in [0, 0.05) is 35.7 Å². The second-order valence-corrected chi connectivity index (χ2v) is 10.0. The monoisotopic (exact) mass is 401 g/mol. The summed E-state index contributed by atoms with van der Waals surface area (Å²) < 4.78 is 0. The molecule has 3 N–H and O–H groups in total. The molecule has 0 unspecified atom stereocenters. The highest BCUT2D eigenvalue weighted by Crippen LogP contribution is 2.55. The van der Waals surface area contributed by atoms with Crippen LogP contribution in [0.5, 0.6) is 0 Å². The van der Waals surface area contributed by atoms with Crippen LogP contribution in [0.4, 0.5) is 4.79 Å². The van der Waals surface area contributed by atoms with E-state index in [9.17, 15) is 9.59 Å². The summed E-state index contributed by atoms with van der Waals surface area (Å²) in [6.45, 7) is 1.02. The van der Waals surface area contributed by atoms with E-state index in [0.717, 1.165) is 42.8 Å². The fourth-order valence-electron chi connectivity index (χ4n) is 5.80. The molecule has 28 heavy (non-hydrogen) atoms. The summed E-state index contributed by atoms with van der Waals surface area (Å²) in [6, 6.07) is 10.1. The Morgan fingerprint density at radius 2 is 1.57 bits per heavy atom. The van der Waals surface area contributed by atoms with E-state index in [2.05, 4.69) is 28.1 Å². The van der Waals surface area contributed by atoms with Crippen molar-refractivity contribution in [2.45, 2.75) is 55.4 Å². The van der Waals surface area contributed by atoms with Crippen molar-refractivity contribution in [1.82, 2.24) is 16.0 Å². The molecule has 4 saturated carbocycles. The van der Waals surface area contributed by atoms with E-state index < -0.39 is 0 Å². The van der Waals surface area contributed by atoms with Gasteiger partial charge in [-0.25, -0.2) is 4.79 Å². The van der Waals surface area contributed by atoms with Crippen LogP contribution in [0, 0.1) is 17.8 Å². The molecular weight excluding hydrogens is 370 g/mol. The molecule has 3 amide bonds. The molecule has 0 heterocycles. The summed E-state index contributed by atoms with van der Waals surface area (Å²) in [7, 11) is 0. The molecule has 4 aliphatic carbocycles. The smallest absolute Gasteiger partial charge is 0.315 e. The zero-order chi connectivity index (χ0) is 19.4. The first-order valence-electron chi connectivity index (χ1n) is 10.6. The first kappa shape index (κ1) is 19.6. The van der Waals surface area contributed by atoms with Gasteiger partial charge in [-0.15, -0.1) is 11.8 Å². The molecule has 0 atom stereocenters. The van der Waals surface area contributed by atoms with Gasteiger partial charge in [0.25, 0.3) is 0 Å². The molecule has 6 heteroatoms. The summed E-state index contributed by atoms with van der Waals surface area (Å²) in [5.74, 6) is 3.27. The fourth-order valence-corrected chi connectivity index (χ4v) is 6.59. The number of amides is 3. The zero-order valence-electron chi connectivity index (χ0n) is 16.4. The van der Waals surface area contributed by atoms with Gasteiger partial charge in [-0.05, 0) is 68.4 Å². The van der Waals surface area contributed by atoms with Gasteiger partial charge in [0.05, 0.1) is 0 Å². The summed E-state index contributed by atoms with van der Waals surface area (Å²) in [5, 5.41) is 9.09. The molecule has 0 aromatic heterocycles. The van der Waals surface area contributed by atoms with Crippen LogP contribution in [0.15, 0.2) is 35.2 Å². The Hall–Kier alpha value is -1.69. The average Bonchev–Trinajstić information content (AvgIpc) is 2.64. The van der Waals surface area contributed by atoms with E-state index in [1.807, 2.05) is 18.2 Å². The topological polar surface area (TPSA) is 70.2 Å². The second-order valence-electron chi connectivity index (χ2n) is 8.84. The minimum absolute atomic E-state index is 0.0104. The Morgan fingerprint density at radius 3 is 2.21 bits per heavy atom. The highest BCUT2D eigenvalue weighted by atomic mass is 32.2. The van der Waals surface area contributed by atoms with Gasteiger partial charge in [0.2, 0.25) is 5.91 Å². The number of urea groups is 1. The molecule has 0 saturated heterocycles. The van der Waals surface area contributed by atoms with E-state index in [1.165, 1.54) is 24.2 Å². The Morgan fingerprint density at radius 1 is 0.929 bits per heavy atom.